The van der Waals surface area contributed by atoms with Gasteiger partial charge in [-0.05, 0) is 187 Å². The molecule has 0 spiro atoms. The summed E-state index contributed by atoms with van der Waals surface area (Å²) in [5, 5.41) is 26.6. The number of benzene rings is 8. The number of amides is 3. The molecule has 0 saturated heterocycles. The number of methoxy groups -OCH3 is 1. The number of halogens is 3. The van der Waals surface area contributed by atoms with Gasteiger partial charge in [0.05, 0.1) is 138 Å². The molecule has 8 aromatic carbocycles. The normalized spacial score (nSPS) is 11.8. The minimum Gasteiger partial charge on any atom is -0.870 e. The number of ketones is 2. The van der Waals surface area contributed by atoms with Gasteiger partial charge in [-0.3, -0.25) is 43.4 Å². The number of azide groups is 2. The van der Waals surface area contributed by atoms with Crippen LogP contribution in [0.5, 0.6) is 11.5 Å². The largest absolute Gasteiger partial charge is 1.00 e. The molecule has 4 N–H and O–H groups in total. The third-order valence-corrected chi connectivity index (χ3v) is 21.9. The number of alkyl halides is 3. The molecule has 0 aliphatic heterocycles. The summed E-state index contributed by atoms with van der Waals surface area (Å²) in [6, 6.07) is 64.3. The van der Waals surface area contributed by atoms with Gasteiger partial charge >= 0.3 is 43.1 Å². The van der Waals surface area contributed by atoms with Crippen molar-refractivity contribution in [2.24, 2.45) is 10.2 Å². The van der Waals surface area contributed by atoms with Gasteiger partial charge in [0.15, 0.2) is 11.6 Å². The van der Waals surface area contributed by atoms with E-state index in [-0.39, 0.29) is 106 Å². The molecule has 0 bridgehead atoms. The zero-order valence-corrected chi connectivity index (χ0v) is 82.7. The van der Waals surface area contributed by atoms with Gasteiger partial charge in [0.1, 0.15) is 36.1 Å². The zero-order valence-electron chi connectivity index (χ0n) is 82.7. The van der Waals surface area contributed by atoms with E-state index in [1.54, 1.807) is 39.2 Å². The monoisotopic (exact) mass is 1980 g/mol. The van der Waals surface area contributed by atoms with E-state index in [9.17, 15) is 51.8 Å². The topological polar surface area (TPSA) is 448 Å². The van der Waals surface area contributed by atoms with E-state index in [1.807, 2.05) is 214 Å². The van der Waals surface area contributed by atoms with Crippen molar-refractivity contribution in [1.29, 1.82) is 0 Å². The summed E-state index contributed by atoms with van der Waals surface area (Å²) in [6.07, 6.45) is 0.157. The van der Waals surface area contributed by atoms with Crippen LogP contribution in [0.2, 0.25) is 0 Å². The van der Waals surface area contributed by atoms with Crippen LogP contribution in [0.1, 0.15) is 129 Å². The molecule has 144 heavy (non-hydrogen) atoms. The number of carbonyl (C=O) groups is 8. The first-order valence-corrected chi connectivity index (χ1v) is 47.2. The van der Waals surface area contributed by atoms with Crippen LogP contribution in [0.25, 0.3) is 64.7 Å². The molecule has 33 nitrogen and oxygen atoms in total. The Kier molecular flexibility index (Phi) is 56.1. The maximum atomic E-state index is 14.4. The molecule has 4 atom stereocenters. The predicted octanol–water partition coefficient (Wildman–Crippen LogP) is 15.7. The summed E-state index contributed by atoms with van der Waals surface area (Å²) in [5.74, 6) is -1.72. The number of nitrogens with zero attached hydrogens (tertiary/aromatic N) is 9. The van der Waals surface area contributed by atoms with Crippen LogP contribution >= 0.6 is 0 Å². The number of aliphatic carboxylic acids is 1. The van der Waals surface area contributed by atoms with Gasteiger partial charge < -0.3 is 78.1 Å². The molecule has 0 unspecified atom stereocenters. The number of pyridine rings is 2. The van der Waals surface area contributed by atoms with E-state index >= 15 is 0 Å². The molecular formula is C107H129F3LiN11O22. The van der Waals surface area contributed by atoms with Crippen molar-refractivity contribution in [1.82, 2.24) is 20.6 Å². The zero-order chi connectivity index (χ0) is 102. The number of rotatable bonds is 62. The number of fused-ring (bicyclic) bond motifs is 2. The van der Waals surface area contributed by atoms with E-state index in [2.05, 4.69) is 40.7 Å². The predicted molar refractivity (Wildman–Crippen MR) is 534 cm³/mol. The Morgan fingerprint density at radius 3 is 1.24 bits per heavy atom. The van der Waals surface area contributed by atoms with Gasteiger partial charge in [-0.15, -0.1) is 0 Å². The number of carboxylic acid groups (broad SMARTS) is 1. The van der Waals surface area contributed by atoms with Crippen molar-refractivity contribution in [2.75, 3.05) is 151 Å². The number of hydrogen-bond acceptors (Lipinski definition) is 25. The number of hydrogen-bond donors (Lipinski definition) is 3. The standard InChI is InChI=1S/C55H68N6O11.C50H59N5O9.C2HF3O.Li.H2O/c1-40-23-24-57-51(36-40)61(54(65)72-55(2,3)4)26-11-16-52(63)59-48(37-41-12-7-6-8-13-41)49(62)38-44(39-53(64)66-5)42-17-19-43(20-18-42)45-21-22-50(47-15-10-9-14-46(45)47)71-35-34-70-33-32-69-31-30-68-29-28-67-27-25-58-60-56;1-37-21-22-52-42(33-37)11-5-8-14-49(57)54-46(34-38-9-3-2-4-10-38)47(56)35-41(36-50(58)59)39-15-17-40(18-16-39)43-19-20-48(45-13-7-6-12-44(43)45)64-32-31-63-30-29-62-28-27-61-26-25-60-24-23-53-55-51;3-2(4,5)1-6;;/h6-10,12-15,17-24,36,44,48H,11,16,25-35,37-39H2,1-5H3,(H,59,63);2-4,6-7,9-10,12-13,15-22,33,41,46H,5,8,11,14,23-32,34-36H2,1H3,(H,54,57)(H,58,59);1H;;1H2/q;;;+1;/p-1/t44-,48-;41-,46-;;;/m00.../s1. The number of carbonyl (C=O) groups excluding carboxylic acids is 7. The van der Waals surface area contributed by atoms with E-state index in [4.69, 9.17) is 72.7 Å². The summed E-state index contributed by atoms with van der Waals surface area (Å²) in [7, 11) is 1.32. The van der Waals surface area contributed by atoms with Crippen molar-refractivity contribution >= 4 is 75.1 Å². The number of esters is 1. The third kappa shape index (κ3) is 46.1. The molecule has 10 rings (SSSR count). The molecule has 766 valence electrons. The molecule has 37 heteroatoms. The molecule has 0 aliphatic carbocycles. The minimum absolute atomic E-state index is 0. The molecule has 3 amide bonds. The van der Waals surface area contributed by atoms with Gasteiger partial charge in [0.2, 0.25) is 18.1 Å². The Morgan fingerprint density at radius 2 is 0.854 bits per heavy atom. The average Bonchev–Trinajstić information content (AvgIpc) is 0.785. The molecule has 10 aromatic rings. The first kappa shape index (κ1) is 120. The van der Waals surface area contributed by atoms with Gasteiger partial charge in [-0.1, -0.05) is 180 Å². The number of unbranched alkanes of at least 4 members (excludes halogenated alkanes) is 1. The van der Waals surface area contributed by atoms with Crippen LogP contribution < -0.4 is 43.9 Å². The van der Waals surface area contributed by atoms with Crippen LogP contribution in [0.4, 0.5) is 23.8 Å². The summed E-state index contributed by atoms with van der Waals surface area (Å²) in [6.45, 7) is 17.4. The fourth-order valence-electron chi connectivity index (χ4n) is 15.0. The number of aldehydes is 1. The van der Waals surface area contributed by atoms with E-state index < -0.39 is 60.0 Å². The van der Waals surface area contributed by atoms with Crippen LogP contribution in [0.15, 0.2) is 229 Å². The Morgan fingerprint density at radius 1 is 0.472 bits per heavy atom. The summed E-state index contributed by atoms with van der Waals surface area (Å²) in [5.41, 5.74) is 25.9. The maximum absolute atomic E-state index is 14.4. The van der Waals surface area contributed by atoms with Crippen molar-refractivity contribution in [3.8, 4) is 33.8 Å². The van der Waals surface area contributed by atoms with Crippen molar-refractivity contribution in [3.63, 3.8) is 0 Å². The first-order valence-electron chi connectivity index (χ1n) is 47.2. The SMILES string of the molecule is COC(=O)C[C@H](CC(=O)[C@H](Cc1ccccc1)NC(=O)CCCN(C(=O)OC(C)(C)C)c1cc(C)ccn1)c1ccc(-c2ccc(OCCOCCOCCOCCOCCN=[N+]=[N-])c3ccccc23)cc1.Cc1ccnc(CCCCC(=O)N[C@@H](Cc2ccccc2)C(=O)C[C@@H](CC(=O)O)c2ccc(-c3ccc(OCCOCCOCCOCCOCCN=[N+]=[N-])c4ccccc34)cc2)c1.O=CC(F)(F)F.[Li+].[OH-]. The molecule has 0 fully saturated rings. The second-order valence-corrected chi connectivity index (χ2v) is 33.9. The average molecular weight is 1990 g/mol. The second kappa shape index (κ2) is 67.5. The maximum Gasteiger partial charge on any atom is 1.00 e. The quantitative estimate of drug-likeness (QED) is 0.00606. The number of Topliss-reactive ketones (excluding diaryl/α,β-unsaturated/α-hetero) is 2. The number of aryl methyl sites for hydroxylation is 3. The molecule has 2 heterocycles. The Balaban J connectivity index is 0.000000413. The van der Waals surface area contributed by atoms with Crippen LogP contribution in [-0.2, 0) is 100 Å². The summed E-state index contributed by atoms with van der Waals surface area (Å²) in [4.78, 5) is 118. The first-order chi connectivity index (χ1) is 68.7. The second-order valence-electron chi connectivity index (χ2n) is 33.9. The number of nitrogens with one attached hydrogen (secondary N) is 2. The van der Waals surface area contributed by atoms with Crippen LogP contribution in [-0.4, -0.2) is 238 Å². The van der Waals surface area contributed by atoms with E-state index in [0.717, 1.165) is 107 Å². The fourth-order valence-corrected chi connectivity index (χ4v) is 15.0. The van der Waals surface area contributed by atoms with Gasteiger partial charge in [0.25, 0.3) is 0 Å². The van der Waals surface area contributed by atoms with Crippen molar-refractivity contribution < 1.29 is 138 Å². The van der Waals surface area contributed by atoms with Crippen LogP contribution in [0, 0.1) is 13.8 Å². The van der Waals surface area contributed by atoms with Gasteiger partial charge in [0, 0.05) is 95.8 Å². The molecule has 0 aliphatic rings. The third-order valence-electron chi connectivity index (χ3n) is 21.9. The number of carboxylic acids is 1. The van der Waals surface area contributed by atoms with Crippen molar-refractivity contribution in [3.05, 3.63) is 279 Å². The molecular weight excluding hydrogens is 1860 g/mol. The molecule has 0 radical (unpaired) electrons. The van der Waals surface area contributed by atoms with Gasteiger partial charge in [-0.25, -0.2) is 9.78 Å². The van der Waals surface area contributed by atoms with Gasteiger partial charge in [-0.2, -0.15) is 13.2 Å². The summed E-state index contributed by atoms with van der Waals surface area (Å²) < 4.78 is 98.3. The van der Waals surface area contributed by atoms with Crippen LogP contribution in [0.3, 0.4) is 0 Å². The smallest absolute Gasteiger partial charge is 0.870 e. The molecule has 2 aromatic heterocycles. The van der Waals surface area contributed by atoms with Crippen molar-refractivity contribution in [2.45, 2.75) is 147 Å². The summed E-state index contributed by atoms with van der Waals surface area (Å²) >= 11 is 0. The number of ether oxygens (including phenoxy) is 12. The fraction of sp³-hybridized carbons (Fsp3) is 0.421. The number of anilines is 1. The Bertz CT molecular complexity index is 5650. The minimum atomic E-state index is -4.64. The molecule has 0 saturated carbocycles. The van der Waals surface area contributed by atoms with E-state index in [1.165, 1.54) is 12.0 Å². The Labute approximate surface area is 849 Å². The number of aromatic nitrogens is 2. The Hall–Kier alpha value is -13.0. The van der Waals surface area contributed by atoms with E-state index in [0.29, 0.717) is 151 Å².